The van der Waals surface area contributed by atoms with E-state index in [1.54, 1.807) is 0 Å². The largest absolute Gasteiger partial charge is 5.00 e. The van der Waals surface area contributed by atoms with E-state index in [2.05, 4.69) is 0 Å². The smallest absolute Gasteiger partial charge is 2.00 e. The predicted octanol–water partition coefficient (Wildman–Crippen LogP) is -1.67. The number of rotatable bonds is 0. The molecular weight excluding hydrogens is 1040 g/mol. The average Bonchev–Trinajstić information content (AvgIpc) is 0. The second kappa shape index (κ2) is 99.9. The molecule has 0 aromatic carbocycles. The van der Waals surface area contributed by atoms with Crippen LogP contribution in [0.5, 0.6) is 0 Å². The van der Waals surface area contributed by atoms with Gasteiger partial charge in [0, 0.05) is 52.4 Å². The van der Waals surface area contributed by atoms with Crippen LogP contribution in [0.15, 0.2) is 0 Å². The minimum Gasteiger partial charge on any atom is -2.00 e. The molecule has 0 atom stereocenters. The molecule has 0 rings (SSSR count). The standard InChI is InChI=1S/2Bi.5O.2Sr.2Ta.4H/q;;5*-2;2*+2;2*+5;4*-1. The van der Waals surface area contributed by atoms with Crippen molar-refractivity contribution in [1.29, 1.82) is 0 Å². The summed E-state index contributed by atoms with van der Waals surface area (Å²) < 4.78 is 0. The average molecular weight is 1040 g/mol. The van der Waals surface area contributed by atoms with Crippen LogP contribution < -0.4 is 0 Å². The zero-order valence-electron chi connectivity index (χ0n) is 9.24. The van der Waals surface area contributed by atoms with E-state index in [1.807, 2.05) is 0 Å². The van der Waals surface area contributed by atoms with Gasteiger partial charge in [0.1, 0.15) is 0 Å². The van der Waals surface area contributed by atoms with E-state index in [1.165, 1.54) is 0 Å². The molecule has 0 saturated carbocycles. The van der Waals surface area contributed by atoms with E-state index in [9.17, 15) is 0 Å². The molecule has 0 spiro atoms. The van der Waals surface area contributed by atoms with Crippen molar-refractivity contribution >= 4 is 143 Å². The summed E-state index contributed by atoms with van der Waals surface area (Å²) in [6.45, 7) is 0. The molecule has 0 aliphatic rings. The molecule has 0 aromatic heterocycles. The molecule has 0 heterocycles. The first-order chi connectivity index (χ1) is 0. The van der Waals surface area contributed by atoms with Gasteiger partial charge in [-0.2, -0.15) is 0 Å². The van der Waals surface area contributed by atoms with E-state index in [4.69, 9.17) is 0 Å². The Kier molecular flexibility index (Phi) is 1100. The van der Waals surface area contributed by atoms with Crippen LogP contribution in [0.2, 0.25) is 0 Å². The number of hydrogen-bond donors (Lipinski definition) is 0. The Hall–Kier alpha value is 6.01. The second-order valence-corrected chi connectivity index (χ2v) is 0. The van der Waals surface area contributed by atoms with Crippen molar-refractivity contribution in [1.82, 2.24) is 0 Å². The summed E-state index contributed by atoms with van der Waals surface area (Å²) in [6, 6.07) is 0. The Morgan fingerprint density at radius 3 is 0.455 bits per heavy atom. The van der Waals surface area contributed by atoms with E-state index in [0.717, 1.165) is 0 Å². The van der Waals surface area contributed by atoms with E-state index >= 15 is 0 Å². The third-order valence-electron chi connectivity index (χ3n) is 0. The Morgan fingerprint density at radius 1 is 0.455 bits per heavy atom. The summed E-state index contributed by atoms with van der Waals surface area (Å²) in [5, 5.41) is 0. The molecule has 6 radical (unpaired) electrons. The van der Waals surface area contributed by atoms with Crippen molar-refractivity contribution < 1.29 is 77.8 Å². The Labute approximate surface area is 215 Å². The fourth-order valence-corrected chi connectivity index (χ4v) is 0. The fourth-order valence-electron chi connectivity index (χ4n) is 0. The van der Waals surface area contributed by atoms with Gasteiger partial charge in [-0.25, -0.2) is 0 Å². The molecule has 11 heteroatoms. The van der Waals surface area contributed by atoms with Crippen LogP contribution in [-0.2, 0) is 72.1 Å². The third-order valence-corrected chi connectivity index (χ3v) is 0. The molecule has 0 bridgehead atoms. The van der Waals surface area contributed by atoms with Crippen molar-refractivity contribution in [2.45, 2.75) is 0 Å². The maximum Gasteiger partial charge on any atom is 5.00 e. The Morgan fingerprint density at radius 2 is 0.455 bits per heavy atom. The molecular formula is H4Bi2O5Sr2Ta2. The minimum atomic E-state index is 0. The summed E-state index contributed by atoms with van der Waals surface area (Å²) in [5.41, 5.74) is 0. The quantitative estimate of drug-likeness (QED) is 0.256. The molecule has 0 saturated heterocycles. The first-order valence-corrected chi connectivity index (χ1v) is 0. The Balaban J connectivity index is 0. The molecule has 5 nitrogen and oxygen atoms in total. The van der Waals surface area contributed by atoms with Gasteiger partial charge in [-0.3, -0.25) is 0 Å². The summed E-state index contributed by atoms with van der Waals surface area (Å²) >= 11 is 0. The maximum absolute atomic E-state index is 0. The molecule has 11 heavy (non-hydrogen) atoms. The monoisotopic (exact) mass is 1040 g/mol. The summed E-state index contributed by atoms with van der Waals surface area (Å²) in [6.07, 6.45) is 0. The molecule has 0 fully saturated rings. The van der Waals surface area contributed by atoms with Crippen LogP contribution in [0.1, 0.15) is 5.71 Å². The van der Waals surface area contributed by atoms with E-state index in [-0.39, 0.29) is 221 Å². The van der Waals surface area contributed by atoms with Gasteiger partial charge < -0.3 is 33.1 Å². The van der Waals surface area contributed by atoms with Gasteiger partial charge in [-0.05, 0) is 0 Å². The van der Waals surface area contributed by atoms with Crippen LogP contribution in [0, 0.1) is 0 Å². The van der Waals surface area contributed by atoms with Gasteiger partial charge in [-0.15, -0.1) is 0 Å². The van der Waals surface area contributed by atoms with Gasteiger partial charge in [0.15, 0.2) is 0 Å². The molecule has 58 valence electrons. The first kappa shape index (κ1) is 121. The van der Waals surface area contributed by atoms with E-state index < -0.39 is 0 Å². The SMILES string of the molecule is [Bi].[Bi].[H-].[H-].[H-].[H-].[O-2].[O-2].[O-2].[O-2].[O-2].[Sr+2].[Sr+2].[Ta+5].[Ta+5]. The predicted molar refractivity (Wildman–Crippen MR) is 30.9 cm³/mol. The van der Waals surface area contributed by atoms with Crippen LogP contribution in [0.3, 0.4) is 0 Å². The zero-order valence-corrected chi connectivity index (χ0v) is 25.6. The van der Waals surface area contributed by atoms with Crippen molar-refractivity contribution in [3.8, 4) is 0 Å². The molecule has 0 amide bonds. The van der Waals surface area contributed by atoms with Crippen molar-refractivity contribution in [3.63, 3.8) is 0 Å². The van der Waals surface area contributed by atoms with E-state index in [0.29, 0.717) is 0 Å². The Bertz CT molecular complexity index is 33.0. The summed E-state index contributed by atoms with van der Waals surface area (Å²) in [4.78, 5) is 0. The van der Waals surface area contributed by atoms with Crippen LogP contribution in [0.25, 0.3) is 0 Å². The number of hydrogen-bond acceptors (Lipinski definition) is 0. The zero-order chi connectivity index (χ0) is 0. The minimum absolute atomic E-state index is 0. The second-order valence-electron chi connectivity index (χ2n) is 0. The topological polar surface area (TPSA) is 142 Å². The van der Waals surface area contributed by atoms with Crippen LogP contribution in [-0.4, -0.2) is 143 Å². The van der Waals surface area contributed by atoms with Crippen LogP contribution >= 0.6 is 0 Å². The molecule has 0 aromatic rings. The van der Waals surface area contributed by atoms with Crippen molar-refractivity contribution in [2.24, 2.45) is 0 Å². The normalized spacial score (nSPS) is 0. The van der Waals surface area contributed by atoms with Gasteiger partial charge in [0.05, 0.1) is 0 Å². The summed E-state index contributed by atoms with van der Waals surface area (Å²) in [5.74, 6) is 0. The van der Waals surface area contributed by atoms with Crippen molar-refractivity contribution in [2.75, 3.05) is 0 Å². The van der Waals surface area contributed by atoms with Gasteiger partial charge in [0.2, 0.25) is 0 Å². The van der Waals surface area contributed by atoms with Crippen LogP contribution in [0.4, 0.5) is 0 Å². The molecule has 0 N–H and O–H groups in total. The van der Waals surface area contributed by atoms with Crippen molar-refractivity contribution in [3.05, 3.63) is 0 Å². The fraction of sp³-hybridized carbons (Fsp3) is 0. The third kappa shape index (κ3) is 87.0. The molecule has 0 aliphatic carbocycles. The summed E-state index contributed by atoms with van der Waals surface area (Å²) in [7, 11) is 0. The van der Waals surface area contributed by atoms with Gasteiger partial charge in [-0.1, -0.05) is 0 Å². The van der Waals surface area contributed by atoms with Gasteiger partial charge in [0.25, 0.3) is 0 Å². The van der Waals surface area contributed by atoms with Gasteiger partial charge >= 0.3 is 136 Å². The molecule has 0 aliphatic heterocycles. The first-order valence-electron chi connectivity index (χ1n) is 0. The molecule has 0 unspecified atom stereocenters. The maximum atomic E-state index is 0.